The van der Waals surface area contributed by atoms with Crippen LogP contribution in [0.5, 0.6) is 0 Å². The first-order chi connectivity index (χ1) is 18.0. The van der Waals surface area contributed by atoms with E-state index in [2.05, 4.69) is 0 Å². The summed E-state index contributed by atoms with van der Waals surface area (Å²) in [5.74, 6) is -0.715. The van der Waals surface area contributed by atoms with Gasteiger partial charge in [-0.15, -0.1) is 11.8 Å². The smallest absolute Gasteiger partial charge is 0.356 e. The monoisotopic (exact) mass is 510 g/mol. The Morgan fingerprint density at radius 2 is 1.54 bits per heavy atom. The Labute approximate surface area is 217 Å². The number of rotatable bonds is 5. The number of nitrogens with two attached hydrogens (primary N) is 1. The Kier molecular flexibility index (Phi) is 5.90. The fourth-order valence-electron chi connectivity index (χ4n) is 4.74. The summed E-state index contributed by atoms with van der Waals surface area (Å²) in [6.45, 7) is 0. The third-order valence-electron chi connectivity index (χ3n) is 6.58. The number of amides is 1. The van der Waals surface area contributed by atoms with E-state index in [0.717, 1.165) is 11.1 Å². The fraction of sp³-hybridized carbons (Fsp3) is 0.138. The molecule has 3 aliphatic rings. The zero-order chi connectivity index (χ0) is 25.5. The predicted molar refractivity (Wildman–Crippen MR) is 139 cm³/mol. The molecule has 0 aliphatic carbocycles. The van der Waals surface area contributed by atoms with Crippen LogP contribution in [0.1, 0.15) is 33.2 Å². The summed E-state index contributed by atoms with van der Waals surface area (Å²) in [4.78, 5) is 40.4. The van der Waals surface area contributed by atoms with Crippen molar-refractivity contribution in [1.29, 1.82) is 0 Å². The molecule has 7 nitrogen and oxygen atoms in total. The highest BCUT2D eigenvalue weighted by Crippen LogP contribution is 2.42. The summed E-state index contributed by atoms with van der Waals surface area (Å²) >= 11 is 1.46. The quantitative estimate of drug-likeness (QED) is 0.409. The molecule has 3 heterocycles. The lowest BCUT2D eigenvalue weighted by Crippen LogP contribution is -2.68. The lowest BCUT2D eigenvalue weighted by Gasteiger charge is -2.48. The number of hydrogen-bond acceptors (Lipinski definition) is 7. The molecule has 8 heteroatoms. The number of β-lactam (4-membered cyclic amide) rings is 1. The van der Waals surface area contributed by atoms with Gasteiger partial charge in [0.2, 0.25) is 5.91 Å². The lowest BCUT2D eigenvalue weighted by atomic mass is 10.0. The maximum Gasteiger partial charge on any atom is 0.356 e. The van der Waals surface area contributed by atoms with Gasteiger partial charge in [-0.25, -0.2) is 9.59 Å². The number of thioether (sulfide) groups is 1. The van der Waals surface area contributed by atoms with Crippen molar-refractivity contribution in [3.63, 3.8) is 0 Å². The van der Waals surface area contributed by atoms with E-state index >= 15 is 0 Å². The summed E-state index contributed by atoms with van der Waals surface area (Å²) < 4.78 is 11.6. The Morgan fingerprint density at radius 3 is 2.19 bits per heavy atom. The van der Waals surface area contributed by atoms with Crippen LogP contribution in [0.15, 0.2) is 102 Å². The summed E-state index contributed by atoms with van der Waals surface area (Å²) in [5.41, 5.74) is 9.39. The molecule has 3 aromatic rings. The van der Waals surface area contributed by atoms with Crippen molar-refractivity contribution >= 4 is 35.4 Å². The molecule has 184 valence electrons. The van der Waals surface area contributed by atoms with Gasteiger partial charge in [-0.2, -0.15) is 0 Å². The molecule has 3 aliphatic heterocycles. The number of cyclic esters (lactones) is 1. The number of allylic oxidation sites excluding steroid dienone is 1. The normalized spacial score (nSPS) is 21.5. The molecule has 1 fully saturated rings. The van der Waals surface area contributed by atoms with Crippen LogP contribution in [-0.4, -0.2) is 39.9 Å². The second kappa shape index (κ2) is 9.38. The SMILES string of the molecule is N[C@@H]1C(=O)N2C(C(=O)OC(c3ccccc3)c3ccccc3)=C(C=C3OC(=O)c4ccccc43)CS[C@@H]12. The van der Waals surface area contributed by atoms with Gasteiger partial charge in [0.25, 0.3) is 0 Å². The molecular formula is C29H22N2O5S. The molecule has 0 spiro atoms. The third-order valence-corrected chi connectivity index (χ3v) is 7.91. The van der Waals surface area contributed by atoms with Gasteiger partial charge >= 0.3 is 11.9 Å². The van der Waals surface area contributed by atoms with Crippen LogP contribution in [0.25, 0.3) is 5.76 Å². The Morgan fingerprint density at radius 1 is 0.946 bits per heavy atom. The molecule has 2 atom stereocenters. The van der Waals surface area contributed by atoms with E-state index in [0.29, 0.717) is 28.2 Å². The standard InChI is InChI=1S/C29H22N2O5S/c30-23-26(32)31-24(29(34)36-25(17-9-3-1-4-10-17)18-11-5-2-6-12-18)19(16-37-27(23)31)15-22-20-13-7-8-14-21(20)28(33)35-22/h1-15,23,25,27H,16,30H2/t23-,27+/m1/s1. The van der Waals surface area contributed by atoms with Crippen molar-refractivity contribution in [3.8, 4) is 0 Å². The van der Waals surface area contributed by atoms with Crippen molar-refractivity contribution in [3.05, 3.63) is 125 Å². The maximum absolute atomic E-state index is 13.8. The minimum atomic E-state index is -0.689. The molecule has 1 amide bonds. The highest BCUT2D eigenvalue weighted by atomic mass is 32.2. The number of fused-ring (bicyclic) bond motifs is 2. The zero-order valence-corrected chi connectivity index (χ0v) is 20.4. The van der Waals surface area contributed by atoms with Crippen molar-refractivity contribution in [1.82, 2.24) is 4.90 Å². The van der Waals surface area contributed by atoms with Crippen LogP contribution in [0.2, 0.25) is 0 Å². The van der Waals surface area contributed by atoms with Crippen LogP contribution >= 0.6 is 11.8 Å². The number of benzene rings is 3. The molecule has 0 unspecified atom stereocenters. The first-order valence-corrected chi connectivity index (χ1v) is 12.9. The molecule has 1 saturated heterocycles. The minimum absolute atomic E-state index is 0.125. The number of carbonyl (C=O) groups is 3. The molecule has 2 N–H and O–H groups in total. The van der Waals surface area contributed by atoms with Crippen LogP contribution in [0, 0.1) is 0 Å². The van der Waals surface area contributed by atoms with Crippen LogP contribution in [0.4, 0.5) is 0 Å². The van der Waals surface area contributed by atoms with Gasteiger partial charge in [-0.1, -0.05) is 78.9 Å². The van der Waals surface area contributed by atoms with Gasteiger partial charge in [-0.05, 0) is 28.8 Å². The summed E-state index contributed by atoms with van der Waals surface area (Å²) in [6.07, 6.45) is 0.972. The number of nitrogens with zero attached hydrogens (tertiary/aromatic N) is 1. The molecule has 0 saturated carbocycles. The average molecular weight is 511 g/mol. The van der Waals surface area contributed by atoms with Gasteiger partial charge in [0, 0.05) is 11.3 Å². The predicted octanol–water partition coefficient (Wildman–Crippen LogP) is 4.03. The second-order valence-corrected chi connectivity index (χ2v) is 9.96. The minimum Gasteiger partial charge on any atom is -0.448 e. The Hall–Kier alpha value is -4.14. The largest absolute Gasteiger partial charge is 0.448 e. The van der Waals surface area contributed by atoms with Gasteiger partial charge < -0.3 is 15.2 Å². The van der Waals surface area contributed by atoms with Crippen molar-refractivity contribution in [2.75, 3.05) is 5.75 Å². The van der Waals surface area contributed by atoms with Crippen molar-refractivity contribution in [2.45, 2.75) is 17.5 Å². The van der Waals surface area contributed by atoms with Gasteiger partial charge in [0.05, 0.1) is 5.56 Å². The third kappa shape index (κ3) is 4.04. The lowest BCUT2D eigenvalue weighted by molar-refractivity contribution is -0.153. The summed E-state index contributed by atoms with van der Waals surface area (Å²) in [7, 11) is 0. The Bertz CT molecular complexity index is 1430. The van der Waals surface area contributed by atoms with Crippen molar-refractivity contribution in [2.24, 2.45) is 5.73 Å². The van der Waals surface area contributed by atoms with Crippen LogP contribution < -0.4 is 5.73 Å². The molecular weight excluding hydrogens is 488 g/mol. The molecule has 37 heavy (non-hydrogen) atoms. The molecule has 0 bridgehead atoms. The van der Waals surface area contributed by atoms with E-state index in [1.807, 2.05) is 66.7 Å². The first kappa shape index (κ1) is 23.3. The summed E-state index contributed by atoms with van der Waals surface area (Å²) in [5, 5.41) is -0.359. The number of hydrogen-bond donors (Lipinski definition) is 1. The van der Waals surface area contributed by atoms with Gasteiger partial charge in [-0.3, -0.25) is 9.69 Å². The Balaban J connectivity index is 1.42. The number of esters is 2. The number of carbonyl (C=O) groups excluding carboxylic acids is 3. The highest BCUT2D eigenvalue weighted by Gasteiger charge is 2.52. The van der Waals surface area contributed by atoms with Crippen LogP contribution in [0.3, 0.4) is 0 Å². The summed E-state index contributed by atoms with van der Waals surface area (Å²) in [6, 6.07) is 25.2. The van der Waals surface area contributed by atoms with E-state index in [1.54, 1.807) is 24.3 Å². The van der Waals surface area contributed by atoms with E-state index in [4.69, 9.17) is 15.2 Å². The second-order valence-electron chi connectivity index (χ2n) is 8.86. The van der Waals surface area contributed by atoms with E-state index in [-0.39, 0.29) is 17.0 Å². The average Bonchev–Trinajstić information content (AvgIpc) is 3.26. The number of ether oxygens (including phenoxy) is 2. The molecule has 3 aromatic carbocycles. The van der Waals surface area contributed by atoms with E-state index in [1.165, 1.54) is 16.7 Å². The molecule has 6 rings (SSSR count). The fourth-order valence-corrected chi connectivity index (χ4v) is 5.99. The van der Waals surface area contributed by atoms with Crippen LogP contribution in [-0.2, 0) is 19.1 Å². The zero-order valence-electron chi connectivity index (χ0n) is 19.6. The van der Waals surface area contributed by atoms with E-state index in [9.17, 15) is 14.4 Å². The molecule has 0 aromatic heterocycles. The first-order valence-electron chi connectivity index (χ1n) is 11.8. The maximum atomic E-state index is 13.8. The van der Waals surface area contributed by atoms with E-state index < -0.39 is 24.1 Å². The van der Waals surface area contributed by atoms with Gasteiger partial charge in [0.15, 0.2) is 6.10 Å². The highest BCUT2D eigenvalue weighted by molar-refractivity contribution is 8.00. The topological polar surface area (TPSA) is 98.9 Å². The van der Waals surface area contributed by atoms with Gasteiger partial charge in [0.1, 0.15) is 22.9 Å². The molecule has 0 radical (unpaired) electrons. The van der Waals surface area contributed by atoms with Crippen molar-refractivity contribution < 1.29 is 23.9 Å².